The van der Waals surface area contributed by atoms with E-state index in [2.05, 4.69) is 121 Å². The van der Waals surface area contributed by atoms with Gasteiger partial charge >= 0.3 is 0 Å². The van der Waals surface area contributed by atoms with Gasteiger partial charge in [0.05, 0.1) is 0 Å². The second-order valence-electron chi connectivity index (χ2n) is 11.5. The molecule has 1 aliphatic carbocycles. The molecule has 0 bridgehead atoms. The van der Waals surface area contributed by atoms with Crippen LogP contribution in [0.15, 0.2) is 149 Å². The summed E-state index contributed by atoms with van der Waals surface area (Å²) in [6.45, 7) is 24.3. The predicted molar refractivity (Wildman–Crippen MR) is 179 cm³/mol. The van der Waals surface area contributed by atoms with Crippen LogP contribution in [0, 0.1) is 5.92 Å². The van der Waals surface area contributed by atoms with Crippen molar-refractivity contribution in [2.45, 2.75) is 40.0 Å². The molecule has 0 fully saturated rings. The molecule has 0 aromatic heterocycles. The van der Waals surface area contributed by atoms with Crippen LogP contribution < -0.4 is 16.0 Å². The zero-order valence-corrected chi connectivity index (χ0v) is 25.1. The van der Waals surface area contributed by atoms with Crippen molar-refractivity contribution < 1.29 is 0 Å². The summed E-state index contributed by atoms with van der Waals surface area (Å²) < 4.78 is 0. The van der Waals surface area contributed by atoms with Gasteiger partial charge < -0.3 is 20.9 Å². The van der Waals surface area contributed by atoms with Crippen LogP contribution >= 0.6 is 0 Å². The van der Waals surface area contributed by atoms with E-state index >= 15 is 0 Å². The third kappa shape index (κ3) is 5.55. The summed E-state index contributed by atoms with van der Waals surface area (Å²) in [5.41, 5.74) is 18.5. The largest absolute Gasteiger partial charge is 0.402 e. The fourth-order valence-electron chi connectivity index (χ4n) is 5.91. The van der Waals surface area contributed by atoms with E-state index in [9.17, 15) is 0 Å². The van der Waals surface area contributed by atoms with Gasteiger partial charge in [0.15, 0.2) is 0 Å². The molecule has 0 amide bonds. The SMILES string of the molecule is C=C/N=C1\C(=C(/C)N)C(c2ccc(NC(=C)C3=CC4=C(CCCC4=C)N(c4ccccc4)C3=C)cc2)=CN1CC(C)C. The van der Waals surface area contributed by atoms with Crippen molar-refractivity contribution in [1.29, 1.82) is 0 Å². The second-order valence-corrected chi connectivity index (χ2v) is 11.5. The third-order valence-corrected chi connectivity index (χ3v) is 7.77. The molecule has 5 nitrogen and oxygen atoms in total. The minimum absolute atomic E-state index is 0.465. The molecule has 2 aromatic carbocycles. The molecule has 3 aliphatic rings. The van der Waals surface area contributed by atoms with Gasteiger partial charge in [-0.05, 0) is 79.2 Å². The Kier molecular flexibility index (Phi) is 8.21. The Bertz CT molecular complexity index is 1590. The van der Waals surface area contributed by atoms with Gasteiger partial charge in [-0.15, -0.1) is 0 Å². The number of rotatable bonds is 8. The number of nitrogens with two attached hydrogens (primary N) is 1. The minimum Gasteiger partial charge on any atom is -0.402 e. The van der Waals surface area contributed by atoms with Crippen LogP contribution in [-0.2, 0) is 0 Å². The molecule has 42 heavy (non-hydrogen) atoms. The fraction of sp³-hybridized carbons (Fsp3) is 0.216. The normalized spacial score (nSPS) is 19.2. The Morgan fingerprint density at radius 2 is 1.79 bits per heavy atom. The third-order valence-electron chi connectivity index (χ3n) is 7.77. The van der Waals surface area contributed by atoms with Crippen LogP contribution in [0.1, 0.15) is 45.6 Å². The van der Waals surface area contributed by atoms with Gasteiger partial charge in [0, 0.05) is 69.8 Å². The van der Waals surface area contributed by atoms with Crippen molar-refractivity contribution in [3.05, 3.63) is 150 Å². The zero-order chi connectivity index (χ0) is 30.0. The number of benzene rings is 2. The van der Waals surface area contributed by atoms with Gasteiger partial charge in [0.2, 0.25) is 0 Å². The maximum atomic E-state index is 6.38. The standard InChI is InChI=1S/C37H41N5/c1-8-39-37-36(26(5)38)34(23-41(37)22-24(2)3)29-17-19-30(20-18-29)40-27(6)33-21-32-25(4)13-12-16-35(32)42(28(33)7)31-14-10-9-11-15-31/h8-11,14-15,17-21,23-24,40H,1,4,6-7,12-13,16,22,38H2,2-3,5H3/b36-26+,39-37+. The van der Waals surface area contributed by atoms with Crippen molar-refractivity contribution in [2.24, 2.45) is 16.6 Å². The fourth-order valence-corrected chi connectivity index (χ4v) is 5.91. The molecule has 214 valence electrons. The van der Waals surface area contributed by atoms with Crippen molar-refractivity contribution >= 4 is 22.8 Å². The van der Waals surface area contributed by atoms with Gasteiger partial charge in [-0.25, -0.2) is 4.99 Å². The first-order valence-electron chi connectivity index (χ1n) is 14.6. The summed E-state index contributed by atoms with van der Waals surface area (Å²) in [6.07, 6.45) is 9.02. The van der Waals surface area contributed by atoms with Crippen LogP contribution in [0.2, 0.25) is 0 Å². The molecule has 0 saturated heterocycles. The summed E-state index contributed by atoms with van der Waals surface area (Å²) in [6, 6.07) is 18.8. The average molecular weight is 556 g/mol. The van der Waals surface area contributed by atoms with Gasteiger partial charge in [-0.3, -0.25) is 0 Å². The van der Waals surface area contributed by atoms with Crippen LogP contribution in [0.3, 0.4) is 0 Å². The number of aliphatic imine (C=N–C) groups is 1. The smallest absolute Gasteiger partial charge is 0.142 e. The minimum atomic E-state index is 0.465. The van der Waals surface area contributed by atoms with Crippen molar-refractivity contribution in [1.82, 2.24) is 4.90 Å². The van der Waals surface area contributed by atoms with Gasteiger partial charge in [-0.2, -0.15) is 0 Å². The average Bonchev–Trinajstić information content (AvgIpc) is 3.31. The Balaban J connectivity index is 1.42. The maximum absolute atomic E-state index is 6.38. The van der Waals surface area contributed by atoms with Crippen molar-refractivity contribution in [3.63, 3.8) is 0 Å². The molecule has 0 atom stereocenters. The molecule has 2 aromatic rings. The number of anilines is 2. The number of nitrogens with zero attached hydrogens (tertiary/aromatic N) is 3. The zero-order valence-electron chi connectivity index (χ0n) is 25.1. The monoisotopic (exact) mass is 555 g/mol. The summed E-state index contributed by atoms with van der Waals surface area (Å²) in [4.78, 5) is 9.02. The summed E-state index contributed by atoms with van der Waals surface area (Å²) in [5, 5.41) is 3.53. The predicted octanol–water partition coefficient (Wildman–Crippen LogP) is 8.65. The summed E-state index contributed by atoms with van der Waals surface area (Å²) in [7, 11) is 0. The number of hydrogen-bond donors (Lipinski definition) is 2. The molecule has 0 saturated carbocycles. The lowest BCUT2D eigenvalue weighted by Gasteiger charge is -2.38. The van der Waals surface area contributed by atoms with E-state index in [1.54, 1.807) is 6.20 Å². The maximum Gasteiger partial charge on any atom is 0.142 e. The van der Waals surface area contributed by atoms with E-state index in [1.165, 1.54) is 11.3 Å². The topological polar surface area (TPSA) is 56.9 Å². The van der Waals surface area contributed by atoms with E-state index < -0.39 is 0 Å². The summed E-state index contributed by atoms with van der Waals surface area (Å²) >= 11 is 0. The molecule has 5 heteroatoms. The first kappa shape index (κ1) is 28.7. The lowest BCUT2D eigenvalue weighted by atomic mass is 9.85. The van der Waals surface area contributed by atoms with Crippen LogP contribution in [0.25, 0.3) is 5.57 Å². The van der Waals surface area contributed by atoms with Crippen molar-refractivity contribution in [3.8, 4) is 0 Å². The van der Waals surface area contributed by atoms with Crippen LogP contribution in [0.5, 0.6) is 0 Å². The highest BCUT2D eigenvalue weighted by atomic mass is 15.2. The summed E-state index contributed by atoms with van der Waals surface area (Å²) in [5.74, 6) is 1.31. The van der Waals surface area contributed by atoms with Gasteiger partial charge in [0.25, 0.3) is 0 Å². The number of para-hydroxylation sites is 1. The first-order chi connectivity index (χ1) is 20.2. The highest BCUT2D eigenvalue weighted by Crippen LogP contribution is 2.43. The first-order valence-corrected chi connectivity index (χ1v) is 14.6. The molecular weight excluding hydrogens is 514 g/mol. The molecule has 2 aliphatic heterocycles. The van der Waals surface area contributed by atoms with Gasteiger partial charge in [-0.1, -0.05) is 70.5 Å². The molecular formula is C37H41N5. The highest BCUT2D eigenvalue weighted by molar-refractivity contribution is 6.17. The van der Waals surface area contributed by atoms with Crippen LogP contribution in [-0.4, -0.2) is 17.3 Å². The van der Waals surface area contributed by atoms with E-state index in [-0.39, 0.29) is 0 Å². The number of nitrogens with one attached hydrogen (secondary N) is 1. The Morgan fingerprint density at radius 1 is 1.07 bits per heavy atom. The number of allylic oxidation sites excluding steroid dienone is 5. The van der Waals surface area contributed by atoms with Crippen molar-refractivity contribution in [2.75, 3.05) is 16.8 Å². The van der Waals surface area contributed by atoms with E-state index in [4.69, 9.17) is 5.73 Å². The molecule has 0 unspecified atom stereocenters. The van der Waals surface area contributed by atoms with E-state index in [0.29, 0.717) is 5.92 Å². The second kappa shape index (κ2) is 12.0. The number of amidine groups is 1. The Hall–Kier alpha value is -4.77. The molecule has 0 spiro atoms. The van der Waals surface area contributed by atoms with Crippen LogP contribution in [0.4, 0.5) is 11.4 Å². The lowest BCUT2D eigenvalue weighted by Crippen LogP contribution is -2.29. The molecule has 0 radical (unpaired) electrons. The molecule has 5 rings (SSSR count). The lowest BCUT2D eigenvalue weighted by molar-refractivity contribution is 0.465. The van der Waals surface area contributed by atoms with Gasteiger partial charge in [0.1, 0.15) is 5.84 Å². The number of hydrogen-bond acceptors (Lipinski definition) is 4. The Labute approximate surface area is 250 Å². The Morgan fingerprint density at radius 3 is 2.43 bits per heavy atom. The quantitative estimate of drug-likeness (QED) is 0.342. The van der Waals surface area contributed by atoms with E-state index in [1.807, 2.05) is 13.0 Å². The molecule has 3 N–H and O–H groups in total. The van der Waals surface area contributed by atoms with E-state index in [0.717, 1.165) is 88.0 Å². The molecule has 2 heterocycles. The highest BCUT2D eigenvalue weighted by Gasteiger charge is 2.30.